The molecule has 132 heavy (non-hydrogen) atoms. The number of allylic oxidation sites excluding steroid dienone is 2. The lowest BCUT2D eigenvalue weighted by atomic mass is 9.91. The van der Waals surface area contributed by atoms with E-state index in [2.05, 4.69) is 66.9 Å². The Bertz CT molecular complexity index is 6120. The molecule has 0 aliphatic heterocycles. The SMILES string of the molecule is C=C([O-])/C=C/c1cc(/C=C/C(=O)O)cc(-c2ccc(-c3cc(-c4ccc(-c5cc(/C=C/C(=O)[O-])cc(/C=C/C(=O)[O-])c5)cc4)cc(-c4ccc(-c5cc(/C=C/C(=O)[O-])cc(/C=C/C(=O)O)c5)cc4)c3)cc2)c1.C=C([O-])/C=C/c1cc(C#Cc2cc(C#Cc3cc(/C=C/C(=O)[O-])cc(/C=C/C(=O)[O-])c3)cc(C#Cc3cc(/C=C/C(=O)[O-])cc(/C=C/C(=O)O)c3)c2)cc(/C=C/C(=O)O)c1. The molecule has 0 atom stereocenters. The van der Waals surface area contributed by atoms with Crippen molar-refractivity contribution < 1.29 is 109 Å². The minimum Gasteiger partial charge on any atom is -0.873 e. The third-order valence-corrected chi connectivity index (χ3v) is 18.5. The lowest BCUT2D eigenvalue weighted by Crippen LogP contribution is -2.18. The second-order valence-corrected chi connectivity index (χ2v) is 28.6. The molecule has 0 bridgehead atoms. The van der Waals surface area contributed by atoms with E-state index in [9.17, 15) is 99.0 Å². The number of hydrogen-bond acceptors (Lipinski definition) is 18. The van der Waals surface area contributed by atoms with Crippen molar-refractivity contribution in [1.29, 1.82) is 0 Å². The fourth-order valence-corrected chi connectivity index (χ4v) is 12.9. The van der Waals surface area contributed by atoms with Crippen molar-refractivity contribution >= 4 is 133 Å². The number of aliphatic carboxylic acids is 10. The molecule has 0 saturated heterocycles. The molecule has 648 valence electrons. The molecule has 4 N–H and O–H groups in total. The Morgan fingerprint density at radius 2 is 0.318 bits per heavy atom. The van der Waals surface area contributed by atoms with E-state index in [0.717, 1.165) is 116 Å². The summed E-state index contributed by atoms with van der Waals surface area (Å²) >= 11 is 0. The van der Waals surface area contributed by atoms with Crippen LogP contribution in [0, 0.1) is 35.5 Å². The molecule has 0 aliphatic rings. The molecule has 0 aromatic heterocycles. The first kappa shape index (κ1) is 95.0. The number of carboxylic acids is 10. The van der Waals surface area contributed by atoms with Crippen LogP contribution in [-0.4, -0.2) is 80.1 Å². The summed E-state index contributed by atoms with van der Waals surface area (Å²) in [6, 6.07) is 64.8. The van der Waals surface area contributed by atoms with E-state index in [0.29, 0.717) is 111 Å². The van der Waals surface area contributed by atoms with Crippen LogP contribution in [-0.2, 0) is 47.9 Å². The van der Waals surface area contributed by atoms with E-state index in [1.54, 1.807) is 115 Å². The zero-order valence-electron chi connectivity index (χ0n) is 69.2. The van der Waals surface area contributed by atoms with Crippen molar-refractivity contribution in [3.05, 3.63) is 416 Å². The van der Waals surface area contributed by atoms with Gasteiger partial charge in [0.15, 0.2) is 0 Å². The lowest BCUT2D eigenvalue weighted by molar-refractivity contribution is -0.298. The van der Waals surface area contributed by atoms with Crippen LogP contribution in [0.2, 0.25) is 0 Å². The average molecular weight is 1740 g/mol. The van der Waals surface area contributed by atoms with Gasteiger partial charge in [-0.3, -0.25) is 0 Å². The fourth-order valence-electron chi connectivity index (χ4n) is 12.9. The van der Waals surface area contributed by atoms with Crippen LogP contribution in [0.5, 0.6) is 0 Å². The molecule has 0 saturated carbocycles. The summed E-state index contributed by atoms with van der Waals surface area (Å²) in [5, 5.41) is 127. The molecule has 22 nitrogen and oxygen atoms in total. The zero-order valence-corrected chi connectivity index (χ0v) is 69.2. The normalized spacial score (nSPS) is 11.4. The van der Waals surface area contributed by atoms with Gasteiger partial charge in [0.2, 0.25) is 0 Å². The third-order valence-electron chi connectivity index (χ3n) is 18.5. The second kappa shape index (κ2) is 45.9. The van der Waals surface area contributed by atoms with Gasteiger partial charge in [0, 0.05) is 57.7 Å². The quantitative estimate of drug-likeness (QED) is 0.0141. The van der Waals surface area contributed by atoms with E-state index >= 15 is 0 Å². The molecular weight excluding hydrogens is 1670 g/mol. The van der Waals surface area contributed by atoms with E-state index in [1.165, 1.54) is 85.1 Å². The van der Waals surface area contributed by atoms with Crippen LogP contribution in [0.15, 0.2) is 316 Å². The van der Waals surface area contributed by atoms with Crippen LogP contribution >= 0.6 is 0 Å². The van der Waals surface area contributed by atoms with E-state index in [1.807, 2.05) is 84.9 Å². The van der Waals surface area contributed by atoms with Gasteiger partial charge in [-0.2, -0.15) is 0 Å². The highest BCUT2D eigenvalue weighted by molar-refractivity contribution is 5.93. The van der Waals surface area contributed by atoms with Crippen molar-refractivity contribution in [2.24, 2.45) is 0 Å². The third kappa shape index (κ3) is 31.5. The molecule has 0 aliphatic carbocycles. The largest absolute Gasteiger partial charge is 0.873 e. The molecule has 11 aromatic carbocycles. The van der Waals surface area contributed by atoms with Gasteiger partial charge in [0.1, 0.15) is 0 Å². The molecule has 0 heterocycles. The molecule has 11 rings (SSSR count). The maximum absolute atomic E-state index is 11.7. The summed E-state index contributed by atoms with van der Waals surface area (Å²) in [6.07, 6.45) is 28.2. The van der Waals surface area contributed by atoms with E-state index < -0.39 is 65.5 Å². The van der Waals surface area contributed by atoms with E-state index in [-0.39, 0.29) is 5.76 Å². The van der Waals surface area contributed by atoms with Gasteiger partial charge >= 0.3 is 23.9 Å². The minimum atomic E-state index is -1.44. The summed E-state index contributed by atoms with van der Waals surface area (Å²) in [6.45, 7) is 6.72. The Labute approximate surface area is 756 Å². The number of carboxylic acid groups (broad SMARTS) is 10. The zero-order chi connectivity index (χ0) is 94.9. The molecule has 11 aromatic rings. The highest BCUT2D eigenvalue weighted by Crippen LogP contribution is 2.38. The van der Waals surface area contributed by atoms with Crippen molar-refractivity contribution in [3.63, 3.8) is 0 Å². The highest BCUT2D eigenvalue weighted by atomic mass is 16.4. The smallest absolute Gasteiger partial charge is 0.328 e. The van der Waals surface area contributed by atoms with Crippen LogP contribution < -0.4 is 40.9 Å². The maximum atomic E-state index is 11.7. The number of benzene rings is 11. The Morgan fingerprint density at radius 3 is 0.470 bits per heavy atom. The monoisotopic (exact) mass is 1740 g/mol. The topological polar surface area (TPSA) is 436 Å². The first-order valence-corrected chi connectivity index (χ1v) is 39.3. The van der Waals surface area contributed by atoms with Gasteiger partial charge in [-0.1, -0.05) is 169 Å². The number of carbonyl (C=O) groups excluding carboxylic acids is 6. The minimum absolute atomic E-state index is 0.382. The van der Waals surface area contributed by atoms with Crippen LogP contribution in [0.3, 0.4) is 0 Å². The second-order valence-electron chi connectivity index (χ2n) is 28.6. The summed E-state index contributed by atoms with van der Waals surface area (Å²) in [5.41, 5.74) is 18.3. The summed E-state index contributed by atoms with van der Waals surface area (Å²) in [7, 11) is 0. The lowest BCUT2D eigenvalue weighted by Gasteiger charge is -2.14. The Hall–Kier alpha value is -19.2. The summed E-state index contributed by atoms with van der Waals surface area (Å²) < 4.78 is 0. The van der Waals surface area contributed by atoms with Crippen LogP contribution in [0.1, 0.15) is 100 Å². The molecule has 0 radical (unpaired) electrons. The van der Waals surface area contributed by atoms with Crippen LogP contribution in [0.4, 0.5) is 0 Å². The van der Waals surface area contributed by atoms with Gasteiger partial charge in [-0.05, 0) is 340 Å². The van der Waals surface area contributed by atoms with E-state index in [4.69, 9.17) is 10.2 Å². The predicted octanol–water partition coefficient (Wildman–Crippen LogP) is 10.3. The highest BCUT2D eigenvalue weighted by Gasteiger charge is 2.14. The maximum Gasteiger partial charge on any atom is 0.328 e. The number of hydrogen-bond donors (Lipinski definition) is 4. The standard InChI is InChI=1S/C61H44O11.C49H32O11/c1-38(62)2-3-39-26-40(4-21-57(63)64)30-51(29-39)45-9-15-48(16-10-45)54-35-55(49-17-11-46(12-18-49)52-31-41(5-22-58(65)66)27-42(32-52)6-23-59(67)68)37-56(36-54)50-19-13-47(14-20-50)53-33-43(7-24-60(69)70)28-44(34-53)8-25-61(71)72;1-32(50)2-3-33-20-34(25-40(21-33)10-15-45(51)52)4-5-35-22-36(6-8-38-26-41(11-16-46(53)54)30-42(27-38)12-17-47(55)56)24-37(23-35)7-9-39-28-43(13-18-48(57)58)31-44(29-39)14-19-49(59)60/h2-37,62H,1H2,(H,63,64)(H,65,66)(H,67,68)(H,69,70)(H,71,72);2-3,10-31,50H,1H2,(H,51,52)(H,53,54)(H,55,56)(H,57,58)(H,59,60)/p-8/b3-2+,21-4+,22-5+,23-6+,24-7+,25-8+;3-2+,15-10+,16-11+,17-12+,18-13+,19-14+. The Balaban J connectivity index is 0.000000279. The fraction of sp³-hybridized carbons (Fsp3) is 0. The van der Waals surface area contributed by atoms with Crippen molar-refractivity contribution in [3.8, 4) is 102 Å². The Kier molecular flexibility index (Phi) is 33.1. The molecule has 0 spiro atoms. The Morgan fingerprint density at radius 1 is 0.182 bits per heavy atom. The van der Waals surface area contributed by atoms with Gasteiger partial charge in [-0.15, -0.1) is 24.7 Å². The van der Waals surface area contributed by atoms with Crippen molar-refractivity contribution in [2.45, 2.75) is 0 Å². The van der Waals surface area contributed by atoms with Gasteiger partial charge < -0.3 is 90.0 Å². The van der Waals surface area contributed by atoms with Gasteiger partial charge in [-0.25, -0.2) is 19.2 Å². The molecule has 22 heteroatoms. The van der Waals surface area contributed by atoms with Crippen molar-refractivity contribution in [2.75, 3.05) is 0 Å². The van der Waals surface area contributed by atoms with Crippen molar-refractivity contribution in [1.82, 2.24) is 0 Å². The first-order valence-electron chi connectivity index (χ1n) is 39.3. The average Bonchev–Trinajstić information content (AvgIpc) is 0.786. The molecular formula is C110H68O22-8. The number of rotatable bonds is 30. The molecule has 0 fully saturated rings. The molecule has 0 amide bonds. The molecule has 0 unspecified atom stereocenters. The van der Waals surface area contributed by atoms with Gasteiger partial charge in [0.05, 0.1) is 35.8 Å². The first-order chi connectivity index (χ1) is 63.1. The van der Waals surface area contributed by atoms with Gasteiger partial charge in [0.25, 0.3) is 0 Å². The predicted molar refractivity (Wildman–Crippen MR) is 490 cm³/mol. The van der Waals surface area contributed by atoms with Crippen LogP contribution in [0.25, 0.3) is 140 Å². The number of carbonyl (C=O) groups is 10. The summed E-state index contributed by atoms with van der Waals surface area (Å²) in [5.74, 6) is 4.28. The summed E-state index contributed by atoms with van der Waals surface area (Å²) in [4.78, 5) is 112.